The topological polar surface area (TPSA) is 84.9 Å². The van der Waals surface area contributed by atoms with Gasteiger partial charge in [0, 0.05) is 10.2 Å². The minimum Gasteiger partial charge on any atom is -0.490 e. The maximum atomic E-state index is 12.4. The first-order chi connectivity index (χ1) is 13.0. The van der Waals surface area contributed by atoms with Crippen molar-refractivity contribution in [3.8, 4) is 11.5 Å². The van der Waals surface area contributed by atoms with Crippen molar-refractivity contribution < 1.29 is 24.2 Å². The van der Waals surface area contributed by atoms with E-state index >= 15 is 0 Å². The lowest BCUT2D eigenvalue weighted by atomic mass is 10.1. The van der Waals surface area contributed by atoms with E-state index in [9.17, 15) is 9.59 Å². The summed E-state index contributed by atoms with van der Waals surface area (Å²) >= 11 is 4.85. The molecule has 1 fully saturated rings. The number of carboxylic acids is 1. The number of carbonyl (C=O) groups excluding carboxylic acids is 1. The van der Waals surface area contributed by atoms with Crippen molar-refractivity contribution in [2.75, 3.05) is 12.4 Å². The van der Waals surface area contributed by atoms with E-state index in [1.807, 2.05) is 13.0 Å². The summed E-state index contributed by atoms with van der Waals surface area (Å²) in [5.74, 6) is -0.0805. The van der Waals surface area contributed by atoms with Crippen LogP contribution < -0.4 is 14.8 Å². The molecule has 0 unspecified atom stereocenters. The van der Waals surface area contributed by atoms with Gasteiger partial charge in [-0.3, -0.25) is 10.1 Å². The van der Waals surface area contributed by atoms with Crippen LogP contribution in [-0.2, 0) is 4.79 Å². The molecular weight excluding hydrogens is 434 g/mol. The van der Waals surface area contributed by atoms with E-state index in [1.54, 1.807) is 36.4 Å². The smallest absolute Gasteiger partial charge is 0.343 e. The van der Waals surface area contributed by atoms with Crippen molar-refractivity contribution in [3.05, 3.63) is 58.1 Å². The molecular formula is C19H18BrNO5S. The van der Waals surface area contributed by atoms with Crippen LogP contribution in [0.2, 0.25) is 0 Å². The van der Waals surface area contributed by atoms with E-state index in [2.05, 4.69) is 21.2 Å². The molecule has 0 saturated carbocycles. The van der Waals surface area contributed by atoms with Crippen LogP contribution in [0.5, 0.6) is 11.5 Å². The van der Waals surface area contributed by atoms with Crippen molar-refractivity contribution in [2.24, 2.45) is 0 Å². The second kappa shape index (κ2) is 8.77. The lowest BCUT2D eigenvalue weighted by Crippen LogP contribution is -2.33. The van der Waals surface area contributed by atoms with Crippen LogP contribution in [0.1, 0.15) is 28.2 Å². The fourth-order valence-corrected chi connectivity index (χ4v) is 4.08. The second-order valence-corrected chi connectivity index (χ2v) is 7.86. The number of hydrogen-bond donors (Lipinski definition) is 2. The van der Waals surface area contributed by atoms with Crippen molar-refractivity contribution in [2.45, 2.75) is 18.3 Å². The van der Waals surface area contributed by atoms with Crippen LogP contribution in [-0.4, -0.2) is 35.4 Å². The van der Waals surface area contributed by atoms with Gasteiger partial charge in [-0.2, -0.15) is 0 Å². The molecule has 0 spiro atoms. The van der Waals surface area contributed by atoms with Crippen molar-refractivity contribution in [3.63, 3.8) is 0 Å². The summed E-state index contributed by atoms with van der Waals surface area (Å²) in [5.41, 5.74) is 1.30. The monoisotopic (exact) mass is 451 g/mol. The highest BCUT2D eigenvalue weighted by molar-refractivity contribution is 9.10. The third-order valence-corrected chi connectivity index (χ3v) is 5.73. The summed E-state index contributed by atoms with van der Waals surface area (Å²) in [4.78, 5) is 23.5. The lowest BCUT2D eigenvalue weighted by Gasteiger charge is -2.16. The summed E-state index contributed by atoms with van der Waals surface area (Å²) in [6, 6.07) is 11.6. The first-order valence-corrected chi connectivity index (χ1v) is 10.2. The zero-order valence-corrected chi connectivity index (χ0v) is 16.9. The maximum Gasteiger partial charge on any atom is 0.343 e. The zero-order chi connectivity index (χ0) is 19.4. The van der Waals surface area contributed by atoms with Gasteiger partial charge in [0.05, 0.1) is 17.5 Å². The number of carboxylic acid groups (broad SMARTS) is 1. The molecule has 0 bridgehead atoms. The highest BCUT2D eigenvalue weighted by Crippen LogP contribution is 2.37. The number of thioether (sulfide) groups is 1. The van der Waals surface area contributed by atoms with Gasteiger partial charge >= 0.3 is 11.9 Å². The Labute approximate surface area is 169 Å². The van der Waals surface area contributed by atoms with Gasteiger partial charge in [-0.25, -0.2) is 4.79 Å². The van der Waals surface area contributed by atoms with E-state index in [-0.39, 0.29) is 5.37 Å². The van der Waals surface area contributed by atoms with E-state index in [4.69, 9.17) is 14.6 Å². The Bertz CT molecular complexity index is 842. The minimum atomic E-state index is -0.866. The van der Waals surface area contributed by atoms with Crippen molar-refractivity contribution >= 4 is 39.6 Å². The zero-order valence-electron chi connectivity index (χ0n) is 14.5. The molecule has 8 heteroatoms. The normalized spacial score (nSPS) is 18.9. The van der Waals surface area contributed by atoms with Gasteiger partial charge in [0.1, 0.15) is 6.04 Å². The van der Waals surface area contributed by atoms with Gasteiger partial charge in [-0.05, 0) is 48.9 Å². The van der Waals surface area contributed by atoms with Gasteiger partial charge in [0.25, 0.3) is 0 Å². The molecule has 0 aliphatic carbocycles. The Morgan fingerprint density at radius 1 is 1.22 bits per heavy atom. The summed E-state index contributed by atoms with van der Waals surface area (Å²) in [7, 11) is 0. The maximum absolute atomic E-state index is 12.4. The summed E-state index contributed by atoms with van der Waals surface area (Å²) in [6.07, 6.45) is 0. The molecule has 0 radical (unpaired) electrons. The van der Waals surface area contributed by atoms with Crippen molar-refractivity contribution in [1.29, 1.82) is 0 Å². The van der Waals surface area contributed by atoms with Gasteiger partial charge < -0.3 is 14.6 Å². The number of aliphatic carboxylic acids is 1. The molecule has 1 aliphatic heterocycles. The van der Waals surface area contributed by atoms with Crippen LogP contribution >= 0.6 is 27.7 Å². The molecule has 3 rings (SSSR count). The number of halogens is 1. The number of esters is 1. The standard InChI is InChI=1S/C19H18BrNO5S/c1-2-25-16-9-12(17-21-14(10-27-17)18(22)23)5-8-15(16)26-19(24)11-3-6-13(20)7-4-11/h3-9,14,17,21H,2,10H2,1H3,(H,22,23)/t14-,17+/m1/s1. The first kappa shape index (κ1) is 19.7. The van der Waals surface area contributed by atoms with Gasteiger partial charge in [0.15, 0.2) is 11.5 Å². The molecule has 0 amide bonds. The van der Waals surface area contributed by atoms with Crippen LogP contribution in [0.4, 0.5) is 0 Å². The van der Waals surface area contributed by atoms with Gasteiger partial charge in [-0.1, -0.05) is 22.0 Å². The number of rotatable bonds is 6. The Morgan fingerprint density at radius 3 is 2.59 bits per heavy atom. The molecule has 1 heterocycles. The van der Waals surface area contributed by atoms with Crippen LogP contribution in [0.15, 0.2) is 46.9 Å². The molecule has 1 saturated heterocycles. The predicted octanol–water partition coefficient (Wildman–Crippen LogP) is 3.86. The number of carbonyl (C=O) groups is 2. The fraction of sp³-hybridized carbons (Fsp3) is 0.263. The summed E-state index contributed by atoms with van der Waals surface area (Å²) < 4.78 is 12.0. The Morgan fingerprint density at radius 2 is 1.96 bits per heavy atom. The molecule has 2 N–H and O–H groups in total. The van der Waals surface area contributed by atoms with E-state index < -0.39 is 18.0 Å². The third kappa shape index (κ3) is 4.82. The highest BCUT2D eigenvalue weighted by atomic mass is 79.9. The van der Waals surface area contributed by atoms with Crippen molar-refractivity contribution in [1.82, 2.24) is 5.32 Å². The van der Waals surface area contributed by atoms with E-state index in [0.29, 0.717) is 29.4 Å². The Hall–Kier alpha value is -2.03. The van der Waals surface area contributed by atoms with Crippen LogP contribution in [0.25, 0.3) is 0 Å². The lowest BCUT2D eigenvalue weighted by molar-refractivity contribution is -0.138. The first-order valence-electron chi connectivity index (χ1n) is 8.33. The second-order valence-electron chi connectivity index (χ2n) is 5.81. The quantitative estimate of drug-likeness (QED) is 0.509. The highest BCUT2D eigenvalue weighted by Gasteiger charge is 2.30. The predicted molar refractivity (Wildman–Crippen MR) is 106 cm³/mol. The number of nitrogens with one attached hydrogen (secondary N) is 1. The molecule has 2 atom stereocenters. The average Bonchev–Trinajstić information content (AvgIpc) is 3.14. The number of hydrogen-bond acceptors (Lipinski definition) is 6. The van der Waals surface area contributed by atoms with Crippen LogP contribution in [0.3, 0.4) is 0 Å². The summed E-state index contributed by atoms with van der Waals surface area (Å²) in [6.45, 7) is 2.26. The molecule has 1 aliphatic rings. The SMILES string of the molecule is CCOc1cc([C@H]2N[C@@H](C(=O)O)CS2)ccc1OC(=O)c1ccc(Br)cc1. The molecule has 142 valence electrons. The van der Waals surface area contributed by atoms with Gasteiger partial charge in [-0.15, -0.1) is 11.8 Å². The fourth-order valence-electron chi connectivity index (χ4n) is 2.59. The number of benzene rings is 2. The largest absolute Gasteiger partial charge is 0.490 e. The molecule has 0 aromatic heterocycles. The number of ether oxygens (including phenoxy) is 2. The average molecular weight is 452 g/mol. The summed E-state index contributed by atoms with van der Waals surface area (Å²) in [5, 5.41) is 12.0. The molecule has 6 nitrogen and oxygen atoms in total. The Kier molecular flexibility index (Phi) is 6.41. The Balaban J connectivity index is 1.78. The molecule has 27 heavy (non-hydrogen) atoms. The van der Waals surface area contributed by atoms with E-state index in [1.165, 1.54) is 11.8 Å². The van der Waals surface area contributed by atoms with Crippen LogP contribution in [0, 0.1) is 0 Å². The van der Waals surface area contributed by atoms with E-state index in [0.717, 1.165) is 10.0 Å². The van der Waals surface area contributed by atoms with Gasteiger partial charge in [0.2, 0.25) is 0 Å². The third-order valence-electron chi connectivity index (χ3n) is 3.93. The molecule has 2 aromatic carbocycles. The molecule has 2 aromatic rings. The minimum absolute atomic E-state index is 0.151.